The van der Waals surface area contributed by atoms with Crippen molar-refractivity contribution in [3.05, 3.63) is 35.9 Å². The molecule has 2 spiro atoms. The Morgan fingerprint density at radius 3 is 2.58 bits per heavy atom. The number of esters is 1. The molecule has 0 radical (unpaired) electrons. The van der Waals surface area contributed by atoms with Crippen LogP contribution in [0.1, 0.15) is 56.3 Å². The predicted octanol–water partition coefficient (Wildman–Crippen LogP) is 1.82. The molecular weight excluding hydrogens is 458 g/mol. The van der Waals surface area contributed by atoms with Crippen molar-refractivity contribution in [2.24, 2.45) is 39.9 Å². The Morgan fingerprint density at radius 1 is 1.11 bits per heavy atom. The molecule has 6 aliphatic carbocycles. The summed E-state index contributed by atoms with van der Waals surface area (Å²) in [6, 6.07) is 8.75. The van der Waals surface area contributed by atoms with E-state index in [1.54, 1.807) is 24.3 Å². The molecule has 1 heterocycles. The van der Waals surface area contributed by atoms with Crippen molar-refractivity contribution >= 4 is 5.97 Å². The van der Waals surface area contributed by atoms with Crippen LogP contribution in [0, 0.1) is 39.9 Å². The van der Waals surface area contributed by atoms with Gasteiger partial charge in [0.1, 0.15) is 12.2 Å². The molecule has 4 N–H and O–H groups in total. The quantitative estimate of drug-likeness (QED) is 0.470. The number of likely N-dealkylation sites (tertiary alicyclic amines) is 1. The SMILES string of the molecule is CCN1C[C@@]2(C)CC[C@H](O)[C@]34[C@@H]2C[C@@H]([C@@H]13)[C@@]12CC[C@@H]([C@@H](O)[C@H]14)[C@@](O)(COC(=O)c1ccccc1)[C@H]2O. The van der Waals surface area contributed by atoms with E-state index in [2.05, 4.69) is 18.7 Å². The molecule has 6 saturated carbocycles. The number of hydrogen-bond donors (Lipinski definition) is 4. The van der Waals surface area contributed by atoms with E-state index in [-0.39, 0.29) is 29.9 Å². The van der Waals surface area contributed by atoms with Crippen LogP contribution in [0.4, 0.5) is 0 Å². The smallest absolute Gasteiger partial charge is 0.338 e. The van der Waals surface area contributed by atoms with E-state index >= 15 is 0 Å². The number of aliphatic hydroxyl groups is 4. The zero-order valence-electron chi connectivity index (χ0n) is 21.2. The first-order chi connectivity index (χ1) is 17.2. The summed E-state index contributed by atoms with van der Waals surface area (Å²) in [5.74, 6) is -1.01. The Hall–Kier alpha value is -1.51. The van der Waals surface area contributed by atoms with Crippen molar-refractivity contribution in [1.82, 2.24) is 4.90 Å². The number of fused-ring (bicyclic) bond motifs is 2. The summed E-state index contributed by atoms with van der Waals surface area (Å²) in [4.78, 5) is 15.2. The van der Waals surface area contributed by atoms with Gasteiger partial charge in [-0.2, -0.15) is 0 Å². The highest BCUT2D eigenvalue weighted by Gasteiger charge is 2.88. The van der Waals surface area contributed by atoms with Crippen molar-refractivity contribution in [2.75, 3.05) is 19.7 Å². The van der Waals surface area contributed by atoms with Crippen LogP contribution in [0.15, 0.2) is 30.3 Å². The fraction of sp³-hybridized carbons (Fsp3) is 0.759. The number of piperidine rings is 1. The zero-order chi connectivity index (χ0) is 25.3. The van der Waals surface area contributed by atoms with Gasteiger partial charge in [-0.15, -0.1) is 0 Å². The lowest BCUT2D eigenvalue weighted by atomic mass is 9.37. The molecular formula is C29H39NO6. The van der Waals surface area contributed by atoms with Gasteiger partial charge in [0, 0.05) is 35.3 Å². The van der Waals surface area contributed by atoms with Gasteiger partial charge in [0.15, 0.2) is 0 Å². The molecule has 0 amide bonds. The zero-order valence-corrected chi connectivity index (χ0v) is 21.2. The van der Waals surface area contributed by atoms with Gasteiger partial charge in [0.25, 0.3) is 0 Å². The molecule has 1 aromatic rings. The summed E-state index contributed by atoms with van der Waals surface area (Å²) in [6.45, 7) is 6.05. The Kier molecular flexibility index (Phi) is 4.80. The minimum atomic E-state index is -1.71. The third-order valence-electron chi connectivity index (χ3n) is 12.3. The number of hydrogen-bond acceptors (Lipinski definition) is 7. The van der Waals surface area contributed by atoms with Gasteiger partial charge in [0.2, 0.25) is 0 Å². The van der Waals surface area contributed by atoms with E-state index in [1.807, 2.05) is 6.07 Å². The fourth-order valence-corrected chi connectivity index (χ4v) is 11.3. The largest absolute Gasteiger partial charge is 0.459 e. The number of carbonyl (C=O) groups excluding carboxylic acids is 1. The van der Waals surface area contributed by atoms with Gasteiger partial charge in [0.05, 0.1) is 23.9 Å². The van der Waals surface area contributed by atoms with Crippen molar-refractivity contribution < 1.29 is 30.0 Å². The van der Waals surface area contributed by atoms with E-state index < -0.39 is 46.6 Å². The van der Waals surface area contributed by atoms with Gasteiger partial charge < -0.3 is 25.2 Å². The molecule has 7 aliphatic rings. The van der Waals surface area contributed by atoms with E-state index in [1.165, 1.54) is 0 Å². The molecule has 1 aliphatic heterocycles. The Balaban J connectivity index is 1.29. The Morgan fingerprint density at radius 2 is 1.86 bits per heavy atom. The average Bonchev–Trinajstić information content (AvgIpc) is 3.32. The normalized spacial score (nSPS) is 54.4. The van der Waals surface area contributed by atoms with Crippen molar-refractivity contribution in [3.8, 4) is 0 Å². The minimum Gasteiger partial charge on any atom is -0.459 e. The minimum absolute atomic E-state index is 0.0873. The molecule has 0 unspecified atom stereocenters. The second kappa shape index (κ2) is 7.32. The maximum atomic E-state index is 12.7. The molecule has 7 nitrogen and oxygen atoms in total. The van der Waals surface area contributed by atoms with Crippen LogP contribution in [0.25, 0.3) is 0 Å². The van der Waals surface area contributed by atoms with Crippen molar-refractivity contribution in [3.63, 3.8) is 0 Å². The standard InChI is InChI=1S/C29H39NO6/c1-3-30-14-26(2)11-10-20(31)29-19(26)13-18(23(29)30)27-12-9-17(21(32)22(27)29)28(35,25(27)34)15-36-24(33)16-7-5-4-6-8-16/h4-8,17-23,25,31-32,34-35H,3,9-15H2,1-2H3/t17-,18-,19+,20-,21+,22+,23+,25-,26+,27-,28-,29-/m0/s1. The van der Waals surface area contributed by atoms with E-state index in [0.29, 0.717) is 17.9 Å². The summed E-state index contributed by atoms with van der Waals surface area (Å²) >= 11 is 0. The lowest BCUT2D eigenvalue weighted by Crippen LogP contribution is -2.78. The van der Waals surface area contributed by atoms with Crippen LogP contribution >= 0.6 is 0 Å². The summed E-state index contributed by atoms with van der Waals surface area (Å²) < 4.78 is 5.59. The molecule has 7 fully saturated rings. The number of nitrogens with zero attached hydrogens (tertiary/aromatic N) is 1. The lowest BCUT2D eigenvalue weighted by Gasteiger charge is -2.71. The maximum absolute atomic E-state index is 12.7. The second-order valence-electron chi connectivity index (χ2n) is 13.2. The van der Waals surface area contributed by atoms with E-state index in [0.717, 1.165) is 38.8 Å². The molecule has 12 atom stereocenters. The topological polar surface area (TPSA) is 110 Å². The summed E-state index contributed by atoms with van der Waals surface area (Å²) in [6.07, 6.45) is 1.44. The number of benzene rings is 1. The molecule has 1 saturated heterocycles. The highest BCUT2D eigenvalue weighted by Crippen LogP contribution is 2.83. The first-order valence-corrected chi connectivity index (χ1v) is 13.9. The monoisotopic (exact) mass is 497 g/mol. The molecule has 8 rings (SSSR count). The summed E-state index contributed by atoms with van der Waals surface area (Å²) in [7, 11) is 0. The first kappa shape index (κ1) is 23.6. The van der Waals surface area contributed by atoms with Crippen LogP contribution in [-0.2, 0) is 4.74 Å². The van der Waals surface area contributed by atoms with Gasteiger partial charge in [-0.05, 0) is 68.0 Å². The fourth-order valence-electron chi connectivity index (χ4n) is 11.3. The molecule has 1 aromatic carbocycles. The molecule has 0 aromatic heterocycles. The maximum Gasteiger partial charge on any atom is 0.338 e. The average molecular weight is 498 g/mol. The van der Waals surface area contributed by atoms with Crippen LogP contribution < -0.4 is 0 Å². The first-order valence-electron chi connectivity index (χ1n) is 13.9. The number of carbonyl (C=O) groups is 1. The van der Waals surface area contributed by atoms with Gasteiger partial charge in [-0.25, -0.2) is 4.79 Å². The molecule has 7 bridgehead atoms. The predicted molar refractivity (Wildman–Crippen MR) is 131 cm³/mol. The third-order valence-corrected chi connectivity index (χ3v) is 12.3. The third kappa shape index (κ3) is 2.42. The van der Waals surface area contributed by atoms with Gasteiger partial charge >= 0.3 is 5.97 Å². The summed E-state index contributed by atoms with van der Waals surface area (Å²) in [5.41, 5.74) is -2.39. The van der Waals surface area contributed by atoms with Crippen LogP contribution in [0.5, 0.6) is 0 Å². The number of ether oxygens (including phenoxy) is 1. The van der Waals surface area contributed by atoms with Gasteiger partial charge in [-0.3, -0.25) is 4.90 Å². The highest BCUT2D eigenvalue weighted by molar-refractivity contribution is 5.89. The summed E-state index contributed by atoms with van der Waals surface area (Å²) in [5, 5.41) is 47.8. The van der Waals surface area contributed by atoms with E-state index in [4.69, 9.17) is 4.74 Å². The van der Waals surface area contributed by atoms with E-state index in [9.17, 15) is 25.2 Å². The van der Waals surface area contributed by atoms with Crippen molar-refractivity contribution in [2.45, 2.75) is 75.9 Å². The van der Waals surface area contributed by atoms with Crippen molar-refractivity contribution in [1.29, 1.82) is 0 Å². The molecule has 7 heteroatoms. The van der Waals surface area contributed by atoms with Crippen LogP contribution in [0.2, 0.25) is 0 Å². The molecule has 196 valence electrons. The number of aliphatic hydroxyl groups excluding tert-OH is 3. The van der Waals surface area contributed by atoms with Crippen LogP contribution in [0.3, 0.4) is 0 Å². The Bertz CT molecular complexity index is 1080. The Labute approximate surface area is 212 Å². The molecule has 36 heavy (non-hydrogen) atoms. The van der Waals surface area contributed by atoms with Crippen LogP contribution in [-0.4, -0.2) is 80.9 Å². The second-order valence-corrected chi connectivity index (χ2v) is 13.2. The highest BCUT2D eigenvalue weighted by atomic mass is 16.5. The lowest BCUT2D eigenvalue weighted by molar-refractivity contribution is -0.329. The number of rotatable bonds is 4. The van der Waals surface area contributed by atoms with Gasteiger partial charge in [-0.1, -0.05) is 32.0 Å².